The highest BCUT2D eigenvalue weighted by atomic mass is 16.5. The molecule has 2 amide bonds. The van der Waals surface area contributed by atoms with Crippen molar-refractivity contribution in [3.8, 4) is 5.75 Å². The number of hydrogen-bond donors (Lipinski definition) is 3. The molecule has 3 aliphatic rings. The second kappa shape index (κ2) is 10.0. The Balaban J connectivity index is 1.74. The van der Waals surface area contributed by atoms with Crippen LogP contribution in [-0.4, -0.2) is 78.1 Å². The Hall–Kier alpha value is -2.42. The number of aliphatic hydroxyl groups excluding tert-OH is 2. The summed E-state index contributed by atoms with van der Waals surface area (Å²) in [6.07, 6.45) is 4.93. The number of hydrogen-bond acceptors (Lipinski definition) is 6. The fraction of sp³-hybridized carbons (Fsp3) is 0.583. The van der Waals surface area contributed by atoms with Crippen molar-refractivity contribution >= 4 is 11.8 Å². The molecule has 0 saturated heterocycles. The third kappa shape index (κ3) is 4.27. The lowest BCUT2D eigenvalue weighted by Crippen LogP contribution is -2.59. The number of aliphatic hydroxyl groups is 2. The number of fused-ring (bicyclic) bond motifs is 3. The molecule has 174 valence electrons. The number of benzene rings is 1. The minimum Gasteiger partial charge on any atom is -0.486 e. The van der Waals surface area contributed by atoms with Crippen LogP contribution < -0.4 is 10.1 Å². The second-order valence-electron chi connectivity index (χ2n) is 8.71. The van der Waals surface area contributed by atoms with Crippen LogP contribution in [0.2, 0.25) is 0 Å². The Morgan fingerprint density at radius 2 is 1.97 bits per heavy atom. The van der Waals surface area contributed by atoms with E-state index in [9.17, 15) is 19.8 Å². The van der Waals surface area contributed by atoms with Gasteiger partial charge in [-0.15, -0.1) is 0 Å². The summed E-state index contributed by atoms with van der Waals surface area (Å²) in [6, 6.07) is 6.73. The van der Waals surface area contributed by atoms with Crippen molar-refractivity contribution in [2.24, 2.45) is 0 Å². The van der Waals surface area contributed by atoms with Crippen LogP contribution in [0.1, 0.15) is 43.6 Å². The molecule has 0 aromatic heterocycles. The van der Waals surface area contributed by atoms with Crippen LogP contribution in [0.3, 0.4) is 0 Å². The Kier molecular flexibility index (Phi) is 7.13. The summed E-state index contributed by atoms with van der Waals surface area (Å²) in [4.78, 5) is 28.0. The Labute approximate surface area is 188 Å². The molecule has 1 heterocycles. The Bertz CT molecular complexity index is 866. The number of nitrogens with one attached hydrogen (secondary N) is 1. The number of amides is 2. The SMILES string of the molecule is COCC(=O)N(C1CCCCC1)C1C=C(C(=O)NCCO)C2c3ccccc3OC2C1O. The molecule has 1 fully saturated rings. The zero-order chi connectivity index (χ0) is 22.7. The van der Waals surface area contributed by atoms with Crippen LogP contribution in [0.5, 0.6) is 5.75 Å². The van der Waals surface area contributed by atoms with E-state index in [1.165, 1.54) is 7.11 Å². The van der Waals surface area contributed by atoms with E-state index in [1.807, 2.05) is 24.3 Å². The van der Waals surface area contributed by atoms with Gasteiger partial charge in [-0.3, -0.25) is 9.59 Å². The minimum absolute atomic E-state index is 0.0237. The fourth-order valence-corrected chi connectivity index (χ4v) is 5.33. The molecule has 32 heavy (non-hydrogen) atoms. The van der Waals surface area contributed by atoms with Crippen molar-refractivity contribution in [2.45, 2.75) is 62.3 Å². The molecule has 1 aromatic rings. The highest BCUT2D eigenvalue weighted by molar-refractivity contribution is 5.96. The third-order valence-electron chi connectivity index (χ3n) is 6.72. The van der Waals surface area contributed by atoms with Crippen LogP contribution in [0.25, 0.3) is 0 Å². The molecule has 0 radical (unpaired) electrons. The minimum atomic E-state index is -0.996. The lowest BCUT2D eigenvalue weighted by atomic mass is 9.77. The van der Waals surface area contributed by atoms with E-state index < -0.39 is 24.2 Å². The van der Waals surface area contributed by atoms with E-state index in [4.69, 9.17) is 9.47 Å². The zero-order valence-corrected chi connectivity index (χ0v) is 18.4. The van der Waals surface area contributed by atoms with Gasteiger partial charge in [0.25, 0.3) is 0 Å². The first-order valence-corrected chi connectivity index (χ1v) is 11.4. The molecule has 2 aliphatic carbocycles. The number of rotatable bonds is 7. The van der Waals surface area contributed by atoms with Gasteiger partial charge in [0.2, 0.25) is 11.8 Å². The topological polar surface area (TPSA) is 108 Å². The summed E-state index contributed by atoms with van der Waals surface area (Å²) in [6.45, 7) is -0.139. The molecule has 4 rings (SSSR count). The van der Waals surface area contributed by atoms with Crippen molar-refractivity contribution < 1.29 is 29.3 Å². The van der Waals surface area contributed by atoms with Gasteiger partial charge in [0.15, 0.2) is 0 Å². The summed E-state index contributed by atoms with van der Waals surface area (Å²) in [5.41, 5.74) is 1.29. The van der Waals surface area contributed by atoms with Crippen molar-refractivity contribution in [1.82, 2.24) is 10.2 Å². The van der Waals surface area contributed by atoms with E-state index in [1.54, 1.807) is 11.0 Å². The summed E-state index contributed by atoms with van der Waals surface area (Å²) in [7, 11) is 1.48. The fourth-order valence-electron chi connectivity index (χ4n) is 5.33. The molecule has 1 saturated carbocycles. The van der Waals surface area contributed by atoms with Gasteiger partial charge in [-0.05, 0) is 25.0 Å². The van der Waals surface area contributed by atoms with E-state index in [0.29, 0.717) is 11.3 Å². The van der Waals surface area contributed by atoms with Gasteiger partial charge < -0.3 is 29.9 Å². The highest BCUT2D eigenvalue weighted by Crippen LogP contribution is 2.47. The first-order chi connectivity index (χ1) is 15.6. The summed E-state index contributed by atoms with van der Waals surface area (Å²) in [5.74, 6) is -0.338. The van der Waals surface area contributed by atoms with Crippen molar-refractivity contribution in [2.75, 3.05) is 26.9 Å². The molecule has 8 nitrogen and oxygen atoms in total. The number of ether oxygens (including phenoxy) is 2. The van der Waals surface area contributed by atoms with Crippen molar-refractivity contribution in [3.05, 3.63) is 41.5 Å². The standard InChI is InChI=1S/C24H32N2O6/c1-31-14-20(28)26(15-7-3-2-4-8-15)18-13-17(24(30)25-11-12-27)21-16-9-5-6-10-19(16)32-23(21)22(18)29/h5-6,9-10,13,15,18,21-23,27,29H,2-4,7-8,11-12,14H2,1H3,(H,25,30). The third-order valence-corrected chi connectivity index (χ3v) is 6.72. The molecule has 8 heteroatoms. The molecule has 4 atom stereocenters. The summed E-state index contributed by atoms with van der Waals surface area (Å²) in [5, 5.41) is 23.3. The lowest BCUT2D eigenvalue weighted by Gasteiger charge is -2.45. The molecule has 4 unspecified atom stereocenters. The van der Waals surface area contributed by atoms with Gasteiger partial charge in [0, 0.05) is 30.8 Å². The predicted octanol–water partition coefficient (Wildman–Crippen LogP) is 1.12. The van der Waals surface area contributed by atoms with Crippen molar-refractivity contribution in [3.63, 3.8) is 0 Å². The molecule has 1 aliphatic heterocycles. The van der Waals surface area contributed by atoms with Crippen LogP contribution in [0.4, 0.5) is 0 Å². The van der Waals surface area contributed by atoms with E-state index in [-0.39, 0.29) is 37.6 Å². The molecule has 3 N–H and O–H groups in total. The largest absolute Gasteiger partial charge is 0.486 e. The highest BCUT2D eigenvalue weighted by Gasteiger charge is 2.51. The average molecular weight is 445 g/mol. The number of methoxy groups -OCH3 is 1. The average Bonchev–Trinajstić information content (AvgIpc) is 3.20. The van der Waals surface area contributed by atoms with Gasteiger partial charge in [-0.1, -0.05) is 37.5 Å². The quantitative estimate of drug-likeness (QED) is 0.582. The van der Waals surface area contributed by atoms with Crippen LogP contribution in [0.15, 0.2) is 35.9 Å². The van der Waals surface area contributed by atoms with Crippen molar-refractivity contribution in [1.29, 1.82) is 0 Å². The smallest absolute Gasteiger partial charge is 0.249 e. The molecule has 0 spiro atoms. The maximum atomic E-state index is 13.1. The van der Waals surface area contributed by atoms with E-state index in [2.05, 4.69) is 5.32 Å². The summed E-state index contributed by atoms with van der Waals surface area (Å²) < 4.78 is 11.3. The summed E-state index contributed by atoms with van der Waals surface area (Å²) >= 11 is 0. The molecular formula is C24H32N2O6. The van der Waals surface area contributed by atoms with Crippen LogP contribution in [0, 0.1) is 0 Å². The van der Waals surface area contributed by atoms with Gasteiger partial charge >= 0.3 is 0 Å². The Morgan fingerprint density at radius 3 is 2.69 bits per heavy atom. The van der Waals surface area contributed by atoms with Gasteiger partial charge in [0.05, 0.1) is 18.6 Å². The molecule has 0 bridgehead atoms. The number of nitrogens with zero attached hydrogens (tertiary/aromatic N) is 1. The van der Waals surface area contributed by atoms with Gasteiger partial charge in [-0.2, -0.15) is 0 Å². The van der Waals surface area contributed by atoms with Gasteiger partial charge in [0.1, 0.15) is 24.6 Å². The van der Waals surface area contributed by atoms with Gasteiger partial charge in [-0.25, -0.2) is 0 Å². The maximum Gasteiger partial charge on any atom is 0.249 e. The predicted molar refractivity (Wildman–Crippen MR) is 117 cm³/mol. The zero-order valence-electron chi connectivity index (χ0n) is 18.4. The van der Waals surface area contributed by atoms with E-state index in [0.717, 1.165) is 37.7 Å². The first kappa shape index (κ1) is 22.8. The number of carbonyl (C=O) groups is 2. The van der Waals surface area contributed by atoms with E-state index >= 15 is 0 Å². The lowest BCUT2D eigenvalue weighted by molar-refractivity contribution is -0.145. The monoisotopic (exact) mass is 444 g/mol. The second-order valence-corrected chi connectivity index (χ2v) is 8.71. The normalized spacial score (nSPS) is 27.0. The number of carbonyl (C=O) groups excluding carboxylic acids is 2. The maximum absolute atomic E-state index is 13.1. The Morgan fingerprint density at radius 1 is 1.22 bits per heavy atom. The number of para-hydroxylation sites is 1. The molecule has 1 aromatic carbocycles. The first-order valence-electron chi connectivity index (χ1n) is 11.4. The van der Waals surface area contributed by atoms with Crippen LogP contribution >= 0.6 is 0 Å². The molecular weight excluding hydrogens is 412 g/mol. The van der Waals surface area contributed by atoms with Crippen LogP contribution in [-0.2, 0) is 14.3 Å².